The molecule has 1 amide bonds. The highest BCUT2D eigenvalue weighted by Crippen LogP contribution is 2.31. The van der Waals surface area contributed by atoms with Gasteiger partial charge < -0.3 is 15.2 Å². The molecule has 3 rings (SSSR count). The SMILES string of the molecule is Cc1noc(C2CCCN(C(=O)C3(N)CCCCC3)C2)n1.Cl. The number of nitrogens with two attached hydrogens (primary N) is 1. The lowest BCUT2D eigenvalue weighted by atomic mass is 9.81. The highest BCUT2D eigenvalue weighted by atomic mass is 35.5. The zero-order chi connectivity index (χ0) is 14.9. The molecule has 0 aromatic carbocycles. The Morgan fingerprint density at radius 3 is 2.68 bits per heavy atom. The Labute approximate surface area is 137 Å². The molecule has 1 saturated carbocycles. The minimum absolute atomic E-state index is 0. The van der Waals surface area contributed by atoms with Crippen molar-refractivity contribution in [3.05, 3.63) is 11.7 Å². The quantitative estimate of drug-likeness (QED) is 0.899. The fourth-order valence-electron chi connectivity index (χ4n) is 3.55. The number of carbonyl (C=O) groups is 1. The maximum Gasteiger partial charge on any atom is 0.242 e. The number of hydrogen-bond donors (Lipinski definition) is 1. The first kappa shape index (κ1) is 17.2. The van der Waals surface area contributed by atoms with Gasteiger partial charge in [0, 0.05) is 13.1 Å². The number of hydrogen-bond acceptors (Lipinski definition) is 5. The predicted octanol–water partition coefficient (Wildman–Crippen LogP) is 2.17. The van der Waals surface area contributed by atoms with Crippen molar-refractivity contribution in [3.63, 3.8) is 0 Å². The van der Waals surface area contributed by atoms with Gasteiger partial charge in [0.2, 0.25) is 11.8 Å². The minimum atomic E-state index is -0.648. The van der Waals surface area contributed by atoms with Gasteiger partial charge in [-0.05, 0) is 32.6 Å². The van der Waals surface area contributed by atoms with E-state index in [4.69, 9.17) is 10.3 Å². The van der Waals surface area contributed by atoms with Crippen molar-refractivity contribution < 1.29 is 9.32 Å². The first-order chi connectivity index (χ1) is 10.1. The average molecular weight is 329 g/mol. The lowest BCUT2D eigenvalue weighted by Gasteiger charge is -2.39. The van der Waals surface area contributed by atoms with Gasteiger partial charge in [0.05, 0.1) is 11.5 Å². The van der Waals surface area contributed by atoms with E-state index in [2.05, 4.69) is 10.1 Å². The number of likely N-dealkylation sites (tertiary alicyclic amines) is 1. The van der Waals surface area contributed by atoms with Crippen LogP contribution in [0.3, 0.4) is 0 Å². The Hall–Kier alpha value is -1.14. The second-order valence-electron chi connectivity index (χ2n) is 6.49. The van der Waals surface area contributed by atoms with Crippen LogP contribution in [-0.2, 0) is 4.79 Å². The molecule has 0 bridgehead atoms. The Kier molecular flexibility index (Phi) is 5.45. The molecule has 7 heteroatoms. The van der Waals surface area contributed by atoms with Crippen molar-refractivity contribution in [2.45, 2.75) is 63.3 Å². The Morgan fingerprint density at radius 1 is 1.32 bits per heavy atom. The van der Waals surface area contributed by atoms with Gasteiger partial charge in [-0.2, -0.15) is 4.98 Å². The molecular weight excluding hydrogens is 304 g/mol. The lowest BCUT2D eigenvalue weighted by molar-refractivity contribution is -0.139. The van der Waals surface area contributed by atoms with E-state index in [1.54, 1.807) is 0 Å². The van der Waals surface area contributed by atoms with Gasteiger partial charge in [-0.25, -0.2) is 0 Å². The summed E-state index contributed by atoms with van der Waals surface area (Å²) >= 11 is 0. The molecule has 6 nitrogen and oxygen atoms in total. The number of amides is 1. The van der Waals surface area contributed by atoms with Gasteiger partial charge in [-0.3, -0.25) is 4.79 Å². The molecule has 1 unspecified atom stereocenters. The fraction of sp³-hybridized carbons (Fsp3) is 0.800. The summed E-state index contributed by atoms with van der Waals surface area (Å²) in [7, 11) is 0. The van der Waals surface area contributed by atoms with E-state index in [-0.39, 0.29) is 24.2 Å². The van der Waals surface area contributed by atoms with E-state index in [0.29, 0.717) is 18.3 Å². The number of carbonyl (C=O) groups excluding carboxylic acids is 1. The standard InChI is InChI=1S/C15H24N4O2.ClH/c1-11-17-13(21-18-11)12-6-5-9-19(10-12)14(20)15(16)7-3-2-4-8-15;/h12H,2-10,16H2,1H3;1H. The number of piperidine rings is 1. The van der Waals surface area contributed by atoms with Crippen LogP contribution in [0.4, 0.5) is 0 Å². The summed E-state index contributed by atoms with van der Waals surface area (Å²) in [5, 5.41) is 3.85. The number of nitrogens with zero attached hydrogens (tertiary/aromatic N) is 3. The summed E-state index contributed by atoms with van der Waals surface area (Å²) in [6.07, 6.45) is 6.89. The minimum Gasteiger partial charge on any atom is -0.340 e. The van der Waals surface area contributed by atoms with Crippen molar-refractivity contribution in [1.29, 1.82) is 0 Å². The van der Waals surface area contributed by atoms with Crippen LogP contribution >= 0.6 is 12.4 Å². The van der Waals surface area contributed by atoms with Crippen molar-refractivity contribution in [3.8, 4) is 0 Å². The second kappa shape index (κ2) is 6.96. The molecule has 1 aromatic rings. The molecule has 22 heavy (non-hydrogen) atoms. The maximum absolute atomic E-state index is 12.8. The summed E-state index contributed by atoms with van der Waals surface area (Å²) in [5.74, 6) is 1.56. The summed E-state index contributed by atoms with van der Waals surface area (Å²) < 4.78 is 5.27. The summed E-state index contributed by atoms with van der Waals surface area (Å²) in [4.78, 5) is 19.0. The van der Waals surface area contributed by atoms with Gasteiger partial charge in [0.15, 0.2) is 5.82 Å². The van der Waals surface area contributed by atoms with Crippen molar-refractivity contribution in [1.82, 2.24) is 15.0 Å². The molecule has 1 saturated heterocycles. The maximum atomic E-state index is 12.8. The zero-order valence-electron chi connectivity index (χ0n) is 13.1. The molecule has 0 spiro atoms. The van der Waals surface area contributed by atoms with Crippen LogP contribution in [0.2, 0.25) is 0 Å². The number of aryl methyl sites for hydroxylation is 1. The zero-order valence-corrected chi connectivity index (χ0v) is 13.9. The van der Waals surface area contributed by atoms with Crippen LogP contribution in [-0.4, -0.2) is 39.6 Å². The number of halogens is 1. The van der Waals surface area contributed by atoms with Crippen molar-refractivity contribution in [2.75, 3.05) is 13.1 Å². The molecule has 2 N–H and O–H groups in total. The van der Waals surface area contributed by atoms with Gasteiger partial charge in [-0.1, -0.05) is 24.4 Å². The smallest absolute Gasteiger partial charge is 0.242 e. The molecule has 2 aliphatic rings. The molecule has 0 radical (unpaired) electrons. The highest BCUT2D eigenvalue weighted by molar-refractivity contribution is 5.86. The van der Waals surface area contributed by atoms with E-state index in [1.807, 2.05) is 11.8 Å². The van der Waals surface area contributed by atoms with Crippen LogP contribution in [0.15, 0.2) is 4.52 Å². The second-order valence-corrected chi connectivity index (χ2v) is 6.49. The monoisotopic (exact) mass is 328 g/mol. The van der Waals surface area contributed by atoms with Crippen LogP contribution in [0.25, 0.3) is 0 Å². The topological polar surface area (TPSA) is 85.2 Å². The first-order valence-electron chi connectivity index (χ1n) is 7.97. The van der Waals surface area contributed by atoms with E-state index in [9.17, 15) is 4.79 Å². The normalized spacial score (nSPS) is 24.6. The molecule has 1 atom stereocenters. The molecule has 2 fully saturated rings. The predicted molar refractivity (Wildman–Crippen MR) is 84.8 cm³/mol. The van der Waals surface area contributed by atoms with Crippen LogP contribution in [0, 0.1) is 6.92 Å². The fourth-order valence-corrected chi connectivity index (χ4v) is 3.55. The van der Waals surface area contributed by atoms with Crippen LogP contribution in [0.1, 0.15) is 62.6 Å². The Balaban J connectivity index is 0.00000176. The van der Waals surface area contributed by atoms with Gasteiger partial charge in [-0.15, -0.1) is 12.4 Å². The van der Waals surface area contributed by atoms with Crippen LogP contribution in [0.5, 0.6) is 0 Å². The largest absolute Gasteiger partial charge is 0.340 e. The molecular formula is C15H25ClN4O2. The van der Waals surface area contributed by atoms with Crippen molar-refractivity contribution >= 4 is 18.3 Å². The summed E-state index contributed by atoms with van der Waals surface area (Å²) in [5.41, 5.74) is 5.73. The lowest BCUT2D eigenvalue weighted by Crippen LogP contribution is -2.57. The Bertz CT molecular complexity index is 513. The van der Waals surface area contributed by atoms with E-state index in [0.717, 1.165) is 45.1 Å². The van der Waals surface area contributed by atoms with Crippen LogP contribution < -0.4 is 5.73 Å². The third-order valence-corrected chi connectivity index (χ3v) is 4.77. The van der Waals surface area contributed by atoms with Gasteiger partial charge in [0.25, 0.3) is 0 Å². The number of rotatable bonds is 2. The van der Waals surface area contributed by atoms with Gasteiger partial charge in [0.1, 0.15) is 0 Å². The number of aromatic nitrogens is 2. The van der Waals surface area contributed by atoms with E-state index < -0.39 is 5.54 Å². The van der Waals surface area contributed by atoms with Gasteiger partial charge >= 0.3 is 0 Å². The average Bonchev–Trinajstić information content (AvgIpc) is 2.94. The molecule has 1 aromatic heterocycles. The highest BCUT2D eigenvalue weighted by Gasteiger charge is 2.40. The summed E-state index contributed by atoms with van der Waals surface area (Å²) in [6, 6.07) is 0. The molecule has 1 aliphatic heterocycles. The molecule has 1 aliphatic carbocycles. The van der Waals surface area contributed by atoms with E-state index >= 15 is 0 Å². The molecule has 2 heterocycles. The third-order valence-electron chi connectivity index (χ3n) is 4.77. The summed E-state index contributed by atoms with van der Waals surface area (Å²) in [6.45, 7) is 3.26. The van der Waals surface area contributed by atoms with Crippen molar-refractivity contribution in [2.24, 2.45) is 5.73 Å². The Morgan fingerprint density at radius 2 is 2.05 bits per heavy atom. The first-order valence-corrected chi connectivity index (χ1v) is 7.97. The van der Waals surface area contributed by atoms with E-state index in [1.165, 1.54) is 6.42 Å². The third kappa shape index (κ3) is 3.43. The molecule has 124 valence electrons.